The summed E-state index contributed by atoms with van der Waals surface area (Å²) < 4.78 is 34.2. The molecule has 2 saturated heterocycles. The van der Waals surface area contributed by atoms with Crippen molar-refractivity contribution in [3.63, 3.8) is 0 Å². The molecule has 0 spiro atoms. The minimum absolute atomic E-state index is 0.0345. The quantitative estimate of drug-likeness (QED) is 0.458. The van der Waals surface area contributed by atoms with E-state index in [2.05, 4.69) is 36.9 Å². The first kappa shape index (κ1) is 27.2. The van der Waals surface area contributed by atoms with Crippen LogP contribution in [0, 0.1) is 26.7 Å². The lowest BCUT2D eigenvalue weighted by molar-refractivity contribution is -0.135. The molecular formula is C31H37N3O4S. The first-order valence-corrected chi connectivity index (χ1v) is 14.9. The predicted molar refractivity (Wildman–Crippen MR) is 154 cm³/mol. The van der Waals surface area contributed by atoms with E-state index in [0.29, 0.717) is 18.8 Å². The number of nitrogens with zero attached hydrogens (tertiary/aromatic N) is 3. The van der Waals surface area contributed by atoms with E-state index >= 15 is 0 Å². The van der Waals surface area contributed by atoms with Crippen LogP contribution in [-0.4, -0.2) is 69.9 Å². The zero-order valence-electron chi connectivity index (χ0n) is 23.1. The summed E-state index contributed by atoms with van der Waals surface area (Å²) in [6.45, 7) is 9.41. The number of aryl methyl sites for hydroxylation is 3. The van der Waals surface area contributed by atoms with E-state index in [1.165, 1.54) is 28.2 Å². The van der Waals surface area contributed by atoms with Gasteiger partial charge >= 0.3 is 0 Å². The Hall–Kier alpha value is -3.36. The summed E-state index contributed by atoms with van der Waals surface area (Å²) in [6.07, 6.45) is 0. The second-order valence-corrected chi connectivity index (χ2v) is 12.6. The lowest BCUT2D eigenvalue weighted by Crippen LogP contribution is -2.51. The van der Waals surface area contributed by atoms with Crippen molar-refractivity contribution >= 4 is 21.6 Å². The summed E-state index contributed by atoms with van der Waals surface area (Å²) in [6, 6.07) is 21.0. The van der Waals surface area contributed by atoms with Crippen molar-refractivity contribution in [2.24, 2.45) is 5.92 Å². The van der Waals surface area contributed by atoms with E-state index in [1.54, 1.807) is 24.3 Å². The number of hydrogen-bond acceptors (Lipinski definition) is 5. The van der Waals surface area contributed by atoms with Gasteiger partial charge in [-0.25, -0.2) is 8.42 Å². The molecule has 2 aliphatic heterocycles. The van der Waals surface area contributed by atoms with Crippen LogP contribution >= 0.6 is 0 Å². The normalized spacial score (nSPS) is 20.3. The number of methoxy groups -OCH3 is 1. The van der Waals surface area contributed by atoms with E-state index in [0.717, 1.165) is 24.2 Å². The number of benzene rings is 3. The van der Waals surface area contributed by atoms with E-state index < -0.39 is 15.9 Å². The van der Waals surface area contributed by atoms with Gasteiger partial charge in [0.25, 0.3) is 0 Å². The lowest BCUT2D eigenvalue weighted by Gasteiger charge is -2.38. The van der Waals surface area contributed by atoms with Crippen molar-refractivity contribution in [2.45, 2.75) is 31.6 Å². The zero-order chi connectivity index (χ0) is 27.7. The van der Waals surface area contributed by atoms with Gasteiger partial charge in [0.1, 0.15) is 5.75 Å². The number of ether oxygens (including phenoxy) is 1. The van der Waals surface area contributed by atoms with Gasteiger partial charge in [0.05, 0.1) is 17.9 Å². The average Bonchev–Trinajstić information content (AvgIpc) is 3.40. The Labute approximate surface area is 232 Å². The van der Waals surface area contributed by atoms with Crippen LogP contribution in [0.4, 0.5) is 5.69 Å². The van der Waals surface area contributed by atoms with Gasteiger partial charge in [-0.15, -0.1) is 0 Å². The largest absolute Gasteiger partial charge is 0.497 e. The predicted octanol–water partition coefficient (Wildman–Crippen LogP) is 4.37. The first-order chi connectivity index (χ1) is 18.7. The van der Waals surface area contributed by atoms with Gasteiger partial charge in [-0.05, 0) is 61.2 Å². The molecule has 2 fully saturated rings. The third-order valence-corrected chi connectivity index (χ3v) is 9.99. The fourth-order valence-electron chi connectivity index (χ4n) is 5.91. The molecular weight excluding hydrogens is 510 g/mol. The number of carbonyl (C=O) groups is 1. The van der Waals surface area contributed by atoms with E-state index in [9.17, 15) is 13.2 Å². The number of amides is 1. The monoisotopic (exact) mass is 547 g/mol. The molecule has 0 aromatic heterocycles. The van der Waals surface area contributed by atoms with Gasteiger partial charge in [0, 0.05) is 56.9 Å². The number of anilines is 1. The number of sulfonamides is 1. The van der Waals surface area contributed by atoms with Crippen LogP contribution in [-0.2, 0) is 14.8 Å². The number of carbonyl (C=O) groups excluding carboxylic acids is 1. The van der Waals surface area contributed by atoms with Crippen LogP contribution in [0.5, 0.6) is 5.75 Å². The van der Waals surface area contributed by atoms with Crippen molar-refractivity contribution in [3.05, 3.63) is 89.0 Å². The van der Waals surface area contributed by atoms with Crippen molar-refractivity contribution < 1.29 is 17.9 Å². The molecule has 2 heterocycles. The van der Waals surface area contributed by atoms with Crippen molar-refractivity contribution in [1.29, 1.82) is 0 Å². The van der Waals surface area contributed by atoms with Crippen molar-refractivity contribution in [3.8, 4) is 5.75 Å². The fraction of sp³-hybridized carbons (Fsp3) is 0.387. The molecule has 3 aromatic rings. The van der Waals surface area contributed by atoms with E-state index in [4.69, 9.17) is 4.74 Å². The highest BCUT2D eigenvalue weighted by atomic mass is 32.2. The molecule has 3 aromatic carbocycles. The molecule has 0 bridgehead atoms. The van der Waals surface area contributed by atoms with Gasteiger partial charge in [-0.1, -0.05) is 42.5 Å². The first-order valence-electron chi connectivity index (χ1n) is 13.5. The average molecular weight is 548 g/mol. The third kappa shape index (κ3) is 5.40. The minimum Gasteiger partial charge on any atom is -0.497 e. The second kappa shape index (κ2) is 11.0. The van der Waals surface area contributed by atoms with Gasteiger partial charge in [-0.2, -0.15) is 4.31 Å². The Bertz CT molecular complexity index is 1460. The molecule has 1 amide bonds. The van der Waals surface area contributed by atoms with Crippen LogP contribution in [0.3, 0.4) is 0 Å². The smallest absolute Gasteiger partial charge is 0.243 e. The molecule has 0 saturated carbocycles. The van der Waals surface area contributed by atoms with Gasteiger partial charge < -0.3 is 14.5 Å². The Morgan fingerprint density at radius 1 is 0.846 bits per heavy atom. The summed E-state index contributed by atoms with van der Waals surface area (Å²) >= 11 is 0. The van der Waals surface area contributed by atoms with Crippen LogP contribution in [0.1, 0.15) is 28.2 Å². The Balaban J connectivity index is 1.39. The van der Waals surface area contributed by atoms with Crippen LogP contribution in [0.15, 0.2) is 71.6 Å². The maximum Gasteiger partial charge on any atom is 0.243 e. The van der Waals surface area contributed by atoms with Crippen molar-refractivity contribution in [1.82, 2.24) is 9.21 Å². The van der Waals surface area contributed by atoms with E-state index in [-0.39, 0.29) is 29.8 Å². The van der Waals surface area contributed by atoms with Crippen LogP contribution in [0.2, 0.25) is 0 Å². The van der Waals surface area contributed by atoms with Gasteiger partial charge in [-0.3, -0.25) is 4.79 Å². The van der Waals surface area contributed by atoms with Crippen LogP contribution < -0.4 is 9.64 Å². The fourth-order valence-corrected chi connectivity index (χ4v) is 7.43. The number of rotatable bonds is 6. The van der Waals surface area contributed by atoms with E-state index in [1.807, 2.05) is 36.1 Å². The molecule has 0 N–H and O–H groups in total. The molecule has 7 nitrogen and oxygen atoms in total. The maximum atomic E-state index is 14.0. The molecule has 0 radical (unpaired) electrons. The maximum absolute atomic E-state index is 14.0. The zero-order valence-corrected chi connectivity index (χ0v) is 23.9. The highest BCUT2D eigenvalue weighted by molar-refractivity contribution is 7.89. The highest BCUT2D eigenvalue weighted by Crippen LogP contribution is 2.38. The summed E-state index contributed by atoms with van der Waals surface area (Å²) in [5.74, 6) is -0.137. The highest BCUT2D eigenvalue weighted by Gasteiger charge is 2.45. The molecule has 39 heavy (non-hydrogen) atoms. The molecule has 206 valence electrons. The Kier molecular flexibility index (Phi) is 7.69. The summed E-state index contributed by atoms with van der Waals surface area (Å²) in [7, 11) is -2.28. The molecule has 2 atom stereocenters. The molecule has 0 unspecified atom stereocenters. The lowest BCUT2D eigenvalue weighted by atomic mass is 9.85. The summed E-state index contributed by atoms with van der Waals surface area (Å²) in [5.41, 5.74) is 5.78. The van der Waals surface area contributed by atoms with Crippen molar-refractivity contribution in [2.75, 3.05) is 51.3 Å². The third-order valence-electron chi connectivity index (χ3n) is 8.17. The van der Waals surface area contributed by atoms with Gasteiger partial charge in [0.15, 0.2) is 0 Å². The molecule has 0 aliphatic carbocycles. The summed E-state index contributed by atoms with van der Waals surface area (Å²) in [5, 5.41) is 0. The van der Waals surface area contributed by atoms with Crippen LogP contribution in [0.25, 0.3) is 0 Å². The SMILES string of the molecule is COc1cccc(S(=O)(=O)N2C[C@@H](C(=O)N3CCN(c4cc(C)ccc4C)CC3)[C@H](c3ccccc3C)C2)c1. The van der Waals surface area contributed by atoms with Gasteiger partial charge in [0.2, 0.25) is 15.9 Å². The second-order valence-electron chi connectivity index (χ2n) is 10.7. The molecule has 5 rings (SSSR count). The topological polar surface area (TPSA) is 70.2 Å². The standard InChI is InChI=1S/C31H37N3O4S/c1-22-12-13-24(3)30(18-22)32-14-16-33(17-15-32)31(35)29-21-34(20-28(29)27-11-6-5-8-23(27)2)39(36,37)26-10-7-9-25(19-26)38-4/h5-13,18-19,28-29H,14-17,20-21H2,1-4H3/t28-,29+/m0/s1. The minimum atomic E-state index is -3.80. The Morgan fingerprint density at radius 3 is 2.31 bits per heavy atom. The molecule has 2 aliphatic rings. The summed E-state index contributed by atoms with van der Waals surface area (Å²) in [4.78, 5) is 18.5. The Morgan fingerprint density at radius 2 is 1.59 bits per heavy atom. The molecule has 8 heteroatoms. The number of piperazine rings is 1. The number of hydrogen-bond donors (Lipinski definition) is 0.